The lowest BCUT2D eigenvalue weighted by Crippen LogP contribution is -2.21. The van der Waals surface area contributed by atoms with Gasteiger partial charge in [0.15, 0.2) is 12.0 Å². The van der Waals surface area contributed by atoms with E-state index in [9.17, 15) is 0 Å². The van der Waals surface area contributed by atoms with Gasteiger partial charge in [0.2, 0.25) is 0 Å². The lowest BCUT2D eigenvalue weighted by Gasteiger charge is -2.13. The van der Waals surface area contributed by atoms with Crippen LogP contribution in [0.4, 0.5) is 5.69 Å². The van der Waals surface area contributed by atoms with E-state index in [1.807, 2.05) is 18.2 Å². The molecule has 1 heterocycles. The number of nitrogens with zero attached hydrogens (tertiary/aromatic N) is 1. The summed E-state index contributed by atoms with van der Waals surface area (Å²) in [5.41, 5.74) is 8.40. The van der Waals surface area contributed by atoms with Crippen LogP contribution in [0.3, 0.4) is 0 Å². The Morgan fingerprint density at radius 3 is 3.12 bits per heavy atom. The van der Waals surface area contributed by atoms with Crippen LogP contribution in [0.2, 0.25) is 0 Å². The summed E-state index contributed by atoms with van der Waals surface area (Å²) in [7, 11) is 0. The van der Waals surface area contributed by atoms with E-state index in [1.165, 1.54) is 6.39 Å². The molecule has 0 radical (unpaired) electrons. The summed E-state index contributed by atoms with van der Waals surface area (Å²) in [6.07, 6.45) is 2.55. The Labute approximate surface area is 94.8 Å². The molecule has 1 atom stereocenters. The van der Waals surface area contributed by atoms with Crippen LogP contribution >= 0.6 is 0 Å². The summed E-state index contributed by atoms with van der Waals surface area (Å²) in [4.78, 5) is 4.07. The van der Waals surface area contributed by atoms with Crippen LogP contribution in [0.1, 0.15) is 13.3 Å². The zero-order chi connectivity index (χ0) is 11.4. The van der Waals surface area contributed by atoms with Gasteiger partial charge in [-0.25, -0.2) is 4.98 Å². The summed E-state index contributed by atoms with van der Waals surface area (Å²) < 4.78 is 5.24. The molecular weight excluding hydrogens is 202 g/mol. The van der Waals surface area contributed by atoms with Crippen LogP contribution < -0.4 is 11.1 Å². The van der Waals surface area contributed by atoms with Gasteiger partial charge in [0.05, 0.1) is 0 Å². The Morgan fingerprint density at radius 1 is 1.50 bits per heavy atom. The largest absolute Gasteiger partial charge is 0.443 e. The van der Waals surface area contributed by atoms with Gasteiger partial charge >= 0.3 is 0 Å². The van der Waals surface area contributed by atoms with E-state index in [-0.39, 0.29) is 0 Å². The molecule has 3 N–H and O–H groups in total. The first kappa shape index (κ1) is 11.0. The van der Waals surface area contributed by atoms with Crippen molar-refractivity contribution in [2.24, 2.45) is 11.7 Å². The SMILES string of the molecule is CCC(CN)CNc1ccc2ncoc2c1. The molecule has 0 aliphatic heterocycles. The highest BCUT2D eigenvalue weighted by molar-refractivity contribution is 5.76. The summed E-state index contributed by atoms with van der Waals surface area (Å²) in [6, 6.07) is 5.92. The van der Waals surface area contributed by atoms with Crippen LogP contribution in [-0.2, 0) is 0 Å². The average Bonchev–Trinajstić information content (AvgIpc) is 2.77. The minimum Gasteiger partial charge on any atom is -0.443 e. The van der Waals surface area contributed by atoms with Gasteiger partial charge in [0.1, 0.15) is 5.52 Å². The van der Waals surface area contributed by atoms with Crippen molar-refractivity contribution in [3.05, 3.63) is 24.6 Å². The molecular formula is C12H17N3O. The second-order valence-corrected chi connectivity index (χ2v) is 3.93. The number of rotatable bonds is 5. The van der Waals surface area contributed by atoms with Crippen LogP contribution in [0, 0.1) is 5.92 Å². The van der Waals surface area contributed by atoms with Crippen molar-refractivity contribution in [3.63, 3.8) is 0 Å². The average molecular weight is 219 g/mol. The Kier molecular flexibility index (Phi) is 3.41. The van der Waals surface area contributed by atoms with Crippen molar-refractivity contribution in [1.82, 2.24) is 4.98 Å². The highest BCUT2D eigenvalue weighted by atomic mass is 16.3. The van der Waals surface area contributed by atoms with Crippen molar-refractivity contribution in [2.45, 2.75) is 13.3 Å². The smallest absolute Gasteiger partial charge is 0.181 e. The van der Waals surface area contributed by atoms with Gasteiger partial charge < -0.3 is 15.5 Å². The molecule has 16 heavy (non-hydrogen) atoms. The van der Waals surface area contributed by atoms with Crippen LogP contribution in [-0.4, -0.2) is 18.1 Å². The summed E-state index contributed by atoms with van der Waals surface area (Å²) in [5, 5.41) is 3.36. The van der Waals surface area contributed by atoms with E-state index >= 15 is 0 Å². The van der Waals surface area contributed by atoms with Gasteiger partial charge in [-0.2, -0.15) is 0 Å². The van der Waals surface area contributed by atoms with E-state index in [4.69, 9.17) is 10.2 Å². The highest BCUT2D eigenvalue weighted by Gasteiger charge is 2.04. The van der Waals surface area contributed by atoms with Gasteiger partial charge in [-0.05, 0) is 24.6 Å². The van der Waals surface area contributed by atoms with Gasteiger partial charge in [0, 0.05) is 18.3 Å². The molecule has 0 spiro atoms. The number of oxazole rings is 1. The second-order valence-electron chi connectivity index (χ2n) is 3.93. The third kappa shape index (κ3) is 2.33. The monoisotopic (exact) mass is 219 g/mol. The fourth-order valence-corrected chi connectivity index (χ4v) is 1.62. The molecule has 0 amide bonds. The quantitative estimate of drug-likeness (QED) is 0.809. The lowest BCUT2D eigenvalue weighted by molar-refractivity contribution is 0.548. The highest BCUT2D eigenvalue weighted by Crippen LogP contribution is 2.18. The van der Waals surface area contributed by atoms with Gasteiger partial charge in [-0.15, -0.1) is 0 Å². The maximum atomic E-state index is 5.65. The van der Waals surface area contributed by atoms with E-state index in [0.717, 1.165) is 29.8 Å². The minimum atomic E-state index is 0.519. The number of nitrogens with two attached hydrogens (primary N) is 1. The predicted octanol–water partition coefficient (Wildman–Crippen LogP) is 2.22. The van der Waals surface area contributed by atoms with Crippen LogP contribution in [0.25, 0.3) is 11.1 Å². The lowest BCUT2D eigenvalue weighted by atomic mass is 10.1. The Balaban J connectivity index is 2.03. The van der Waals surface area contributed by atoms with E-state index in [1.54, 1.807) is 0 Å². The number of benzene rings is 1. The first-order valence-corrected chi connectivity index (χ1v) is 5.60. The fourth-order valence-electron chi connectivity index (χ4n) is 1.62. The normalized spacial score (nSPS) is 12.9. The molecule has 0 saturated carbocycles. The molecule has 0 fully saturated rings. The van der Waals surface area contributed by atoms with E-state index in [0.29, 0.717) is 12.5 Å². The van der Waals surface area contributed by atoms with E-state index in [2.05, 4.69) is 17.2 Å². The molecule has 2 aromatic rings. The predicted molar refractivity (Wildman–Crippen MR) is 65.3 cm³/mol. The molecule has 0 saturated heterocycles. The van der Waals surface area contributed by atoms with E-state index < -0.39 is 0 Å². The first-order chi connectivity index (χ1) is 7.83. The Bertz CT molecular complexity index is 448. The number of anilines is 1. The molecule has 1 aromatic carbocycles. The Morgan fingerprint density at radius 2 is 2.38 bits per heavy atom. The van der Waals surface area contributed by atoms with Crippen molar-refractivity contribution in [2.75, 3.05) is 18.4 Å². The van der Waals surface area contributed by atoms with Gasteiger partial charge in [-0.3, -0.25) is 0 Å². The van der Waals surface area contributed by atoms with Crippen LogP contribution in [0.5, 0.6) is 0 Å². The standard InChI is InChI=1S/C12H17N3O/c1-2-9(6-13)7-14-10-3-4-11-12(5-10)16-8-15-11/h3-5,8-9,14H,2,6-7,13H2,1H3. The minimum absolute atomic E-state index is 0.519. The van der Waals surface area contributed by atoms with Crippen molar-refractivity contribution >= 4 is 16.8 Å². The number of nitrogens with one attached hydrogen (secondary N) is 1. The molecule has 4 heteroatoms. The van der Waals surface area contributed by atoms with Crippen molar-refractivity contribution < 1.29 is 4.42 Å². The van der Waals surface area contributed by atoms with Gasteiger partial charge in [-0.1, -0.05) is 13.3 Å². The van der Waals surface area contributed by atoms with Crippen LogP contribution in [0.15, 0.2) is 29.0 Å². The first-order valence-electron chi connectivity index (χ1n) is 5.60. The number of hydrogen-bond acceptors (Lipinski definition) is 4. The third-order valence-electron chi connectivity index (χ3n) is 2.84. The topological polar surface area (TPSA) is 64.1 Å². The summed E-state index contributed by atoms with van der Waals surface area (Å²) in [6.45, 7) is 3.76. The third-order valence-corrected chi connectivity index (χ3v) is 2.84. The van der Waals surface area contributed by atoms with Crippen molar-refractivity contribution in [3.8, 4) is 0 Å². The summed E-state index contributed by atoms with van der Waals surface area (Å²) >= 11 is 0. The molecule has 0 aliphatic rings. The maximum absolute atomic E-state index is 5.65. The molecule has 4 nitrogen and oxygen atoms in total. The van der Waals surface area contributed by atoms with Gasteiger partial charge in [0.25, 0.3) is 0 Å². The molecule has 1 unspecified atom stereocenters. The molecule has 2 rings (SSSR count). The molecule has 0 aliphatic carbocycles. The molecule has 0 bridgehead atoms. The molecule has 86 valence electrons. The zero-order valence-corrected chi connectivity index (χ0v) is 9.44. The second kappa shape index (κ2) is 4.99. The number of aromatic nitrogens is 1. The zero-order valence-electron chi connectivity index (χ0n) is 9.44. The summed E-state index contributed by atoms with van der Waals surface area (Å²) in [5.74, 6) is 0.519. The Hall–Kier alpha value is -1.55. The number of fused-ring (bicyclic) bond motifs is 1. The number of hydrogen-bond donors (Lipinski definition) is 2. The maximum Gasteiger partial charge on any atom is 0.181 e. The fraction of sp³-hybridized carbons (Fsp3) is 0.417. The molecule has 1 aromatic heterocycles. The van der Waals surface area contributed by atoms with Crippen molar-refractivity contribution in [1.29, 1.82) is 0 Å².